The van der Waals surface area contributed by atoms with Gasteiger partial charge in [0, 0.05) is 16.9 Å². The quantitative estimate of drug-likeness (QED) is 0.689. The van der Waals surface area contributed by atoms with Crippen LogP contribution in [-0.4, -0.2) is 12.5 Å². The largest absolute Gasteiger partial charge is 0.376 e. The van der Waals surface area contributed by atoms with Gasteiger partial charge in [0.05, 0.1) is 6.54 Å². The van der Waals surface area contributed by atoms with Crippen LogP contribution in [0.4, 0.5) is 11.4 Å². The summed E-state index contributed by atoms with van der Waals surface area (Å²) in [5.41, 5.74) is 6.19. The molecule has 3 nitrogen and oxygen atoms in total. The Balaban J connectivity index is 1.71. The number of rotatable bonds is 5. The van der Waals surface area contributed by atoms with E-state index in [9.17, 15) is 4.79 Å². The van der Waals surface area contributed by atoms with Crippen LogP contribution in [0, 0.1) is 13.8 Å². The fraction of sp³-hybridized carbons (Fsp3) is 0.136. The number of nitrogens with one attached hydrogen (secondary N) is 2. The second-order valence-electron chi connectivity index (χ2n) is 6.08. The molecule has 0 atom stereocenters. The maximum atomic E-state index is 12.4. The summed E-state index contributed by atoms with van der Waals surface area (Å²) >= 11 is 0. The maximum Gasteiger partial charge on any atom is 0.243 e. The topological polar surface area (TPSA) is 41.1 Å². The van der Waals surface area contributed by atoms with Gasteiger partial charge in [-0.25, -0.2) is 0 Å². The monoisotopic (exact) mass is 330 g/mol. The summed E-state index contributed by atoms with van der Waals surface area (Å²) in [5, 5.41) is 6.27. The molecule has 0 aliphatic carbocycles. The third-order valence-corrected chi connectivity index (χ3v) is 4.20. The molecule has 3 heteroatoms. The minimum absolute atomic E-state index is 0.0553. The van der Waals surface area contributed by atoms with Gasteiger partial charge in [-0.15, -0.1) is 0 Å². The van der Waals surface area contributed by atoms with Gasteiger partial charge in [0.1, 0.15) is 0 Å². The van der Waals surface area contributed by atoms with Gasteiger partial charge in [-0.05, 0) is 36.6 Å². The molecule has 2 N–H and O–H groups in total. The minimum atomic E-state index is -0.0553. The van der Waals surface area contributed by atoms with Crippen molar-refractivity contribution in [3.63, 3.8) is 0 Å². The molecule has 0 aromatic heterocycles. The highest BCUT2D eigenvalue weighted by atomic mass is 16.1. The number of carbonyl (C=O) groups is 1. The van der Waals surface area contributed by atoms with Crippen LogP contribution in [0.15, 0.2) is 72.8 Å². The Morgan fingerprint density at radius 1 is 0.800 bits per heavy atom. The molecule has 0 aliphatic rings. The molecule has 0 heterocycles. The van der Waals surface area contributed by atoms with Crippen LogP contribution in [0.1, 0.15) is 11.1 Å². The first kappa shape index (κ1) is 16.8. The normalized spacial score (nSPS) is 10.3. The molecule has 3 aromatic rings. The zero-order valence-electron chi connectivity index (χ0n) is 14.5. The van der Waals surface area contributed by atoms with Crippen LogP contribution < -0.4 is 10.6 Å². The van der Waals surface area contributed by atoms with E-state index in [1.54, 1.807) is 0 Å². The predicted octanol–water partition coefficient (Wildman–Crippen LogP) is 5.02. The van der Waals surface area contributed by atoms with Crippen LogP contribution in [0.25, 0.3) is 11.1 Å². The molecule has 0 unspecified atom stereocenters. The van der Waals surface area contributed by atoms with Crippen molar-refractivity contribution in [2.24, 2.45) is 0 Å². The molecule has 0 saturated heterocycles. The predicted molar refractivity (Wildman–Crippen MR) is 105 cm³/mol. The summed E-state index contributed by atoms with van der Waals surface area (Å²) in [6, 6.07) is 24.2. The van der Waals surface area contributed by atoms with Crippen LogP contribution in [0.5, 0.6) is 0 Å². The summed E-state index contributed by atoms with van der Waals surface area (Å²) in [6.45, 7) is 4.22. The fourth-order valence-electron chi connectivity index (χ4n) is 2.88. The van der Waals surface area contributed by atoms with Crippen molar-refractivity contribution in [1.82, 2.24) is 0 Å². The van der Waals surface area contributed by atoms with Gasteiger partial charge in [-0.1, -0.05) is 66.7 Å². The Labute approximate surface area is 148 Å². The molecular weight excluding hydrogens is 308 g/mol. The standard InChI is InChI=1S/C22H22N2O/c1-16-9-8-10-17(2)22(16)24-21(25)15-23-20-14-7-6-13-19(20)18-11-4-3-5-12-18/h3-14,23H,15H2,1-2H3,(H,24,25). The van der Waals surface area contributed by atoms with Gasteiger partial charge in [0.25, 0.3) is 0 Å². The number of anilines is 2. The third-order valence-electron chi connectivity index (χ3n) is 4.20. The number of hydrogen-bond acceptors (Lipinski definition) is 2. The molecule has 25 heavy (non-hydrogen) atoms. The van der Waals surface area contributed by atoms with Crippen LogP contribution in [0.2, 0.25) is 0 Å². The smallest absolute Gasteiger partial charge is 0.243 e. The van der Waals surface area contributed by atoms with E-state index in [2.05, 4.69) is 28.8 Å². The van der Waals surface area contributed by atoms with Gasteiger partial charge in [0.2, 0.25) is 5.91 Å². The van der Waals surface area contributed by atoms with E-state index < -0.39 is 0 Å². The van der Waals surface area contributed by atoms with Crippen molar-refractivity contribution in [3.8, 4) is 11.1 Å². The maximum absolute atomic E-state index is 12.4. The lowest BCUT2D eigenvalue weighted by Gasteiger charge is -2.14. The van der Waals surface area contributed by atoms with Gasteiger partial charge in [0.15, 0.2) is 0 Å². The van der Waals surface area contributed by atoms with Gasteiger partial charge >= 0.3 is 0 Å². The van der Waals surface area contributed by atoms with Crippen molar-refractivity contribution in [3.05, 3.63) is 83.9 Å². The number of benzene rings is 3. The molecule has 0 spiro atoms. The average molecular weight is 330 g/mol. The van der Waals surface area contributed by atoms with Crippen LogP contribution in [0.3, 0.4) is 0 Å². The average Bonchev–Trinajstić information content (AvgIpc) is 2.64. The molecule has 0 aliphatic heterocycles. The lowest BCUT2D eigenvalue weighted by Crippen LogP contribution is -2.22. The zero-order valence-corrected chi connectivity index (χ0v) is 14.5. The van der Waals surface area contributed by atoms with Crippen LogP contribution >= 0.6 is 0 Å². The molecule has 3 rings (SSSR count). The number of carbonyl (C=O) groups excluding carboxylic acids is 1. The Kier molecular flexibility index (Phi) is 5.14. The highest BCUT2D eigenvalue weighted by Gasteiger charge is 2.09. The van der Waals surface area contributed by atoms with E-state index in [0.29, 0.717) is 0 Å². The first-order valence-corrected chi connectivity index (χ1v) is 8.39. The van der Waals surface area contributed by atoms with E-state index in [1.807, 2.05) is 68.4 Å². The first-order chi connectivity index (χ1) is 12.1. The Bertz CT molecular complexity index is 852. The molecule has 0 radical (unpaired) electrons. The van der Waals surface area contributed by atoms with Crippen molar-refractivity contribution >= 4 is 17.3 Å². The van der Waals surface area contributed by atoms with E-state index >= 15 is 0 Å². The zero-order chi connectivity index (χ0) is 17.6. The van der Waals surface area contributed by atoms with E-state index in [1.165, 1.54) is 0 Å². The second-order valence-corrected chi connectivity index (χ2v) is 6.08. The van der Waals surface area contributed by atoms with Crippen molar-refractivity contribution in [2.45, 2.75) is 13.8 Å². The molecule has 0 fully saturated rings. The summed E-state index contributed by atoms with van der Waals surface area (Å²) in [4.78, 5) is 12.4. The Morgan fingerprint density at radius 3 is 2.16 bits per heavy atom. The van der Waals surface area contributed by atoms with Gasteiger partial charge in [-0.3, -0.25) is 4.79 Å². The minimum Gasteiger partial charge on any atom is -0.376 e. The highest BCUT2D eigenvalue weighted by molar-refractivity contribution is 5.95. The number of amides is 1. The molecule has 0 bridgehead atoms. The first-order valence-electron chi connectivity index (χ1n) is 8.39. The van der Waals surface area contributed by atoms with Gasteiger partial charge in [-0.2, -0.15) is 0 Å². The number of hydrogen-bond donors (Lipinski definition) is 2. The van der Waals surface area contributed by atoms with Gasteiger partial charge < -0.3 is 10.6 Å². The summed E-state index contributed by atoms with van der Waals surface area (Å²) in [7, 11) is 0. The SMILES string of the molecule is Cc1cccc(C)c1NC(=O)CNc1ccccc1-c1ccccc1. The molecule has 3 aromatic carbocycles. The number of para-hydroxylation sites is 2. The van der Waals surface area contributed by atoms with Crippen molar-refractivity contribution in [2.75, 3.05) is 17.2 Å². The van der Waals surface area contributed by atoms with Crippen LogP contribution in [-0.2, 0) is 4.79 Å². The van der Waals surface area contributed by atoms with E-state index in [0.717, 1.165) is 33.6 Å². The fourth-order valence-corrected chi connectivity index (χ4v) is 2.88. The lowest BCUT2D eigenvalue weighted by atomic mass is 10.0. The molecule has 126 valence electrons. The summed E-state index contributed by atoms with van der Waals surface area (Å²) in [6.07, 6.45) is 0. The molecule has 1 amide bonds. The summed E-state index contributed by atoms with van der Waals surface area (Å²) in [5.74, 6) is -0.0553. The van der Waals surface area contributed by atoms with E-state index in [4.69, 9.17) is 0 Å². The highest BCUT2D eigenvalue weighted by Crippen LogP contribution is 2.27. The van der Waals surface area contributed by atoms with Crippen molar-refractivity contribution < 1.29 is 4.79 Å². The van der Waals surface area contributed by atoms with E-state index in [-0.39, 0.29) is 12.5 Å². The Morgan fingerprint density at radius 2 is 1.44 bits per heavy atom. The molecular formula is C22H22N2O. The van der Waals surface area contributed by atoms with Crippen molar-refractivity contribution in [1.29, 1.82) is 0 Å². The Hall–Kier alpha value is -3.07. The second kappa shape index (κ2) is 7.67. The lowest BCUT2D eigenvalue weighted by molar-refractivity contribution is -0.114. The summed E-state index contributed by atoms with van der Waals surface area (Å²) < 4.78 is 0. The third kappa shape index (κ3) is 4.07. The number of aryl methyl sites for hydroxylation is 2. The molecule has 0 saturated carbocycles.